The van der Waals surface area contributed by atoms with Crippen molar-refractivity contribution in [3.05, 3.63) is 35.9 Å². The highest BCUT2D eigenvalue weighted by Crippen LogP contribution is 2.19. The predicted molar refractivity (Wildman–Crippen MR) is 44.0 cm³/mol. The molecule has 1 aliphatic heterocycles. The zero-order valence-corrected chi connectivity index (χ0v) is 6.79. The first-order valence-corrected chi connectivity index (χ1v) is 3.32. The van der Waals surface area contributed by atoms with Crippen molar-refractivity contribution in [2.45, 2.75) is 6.92 Å². The molecule has 2 N–H and O–H groups in total. The van der Waals surface area contributed by atoms with E-state index >= 15 is 0 Å². The van der Waals surface area contributed by atoms with Crippen LogP contribution in [0.15, 0.2) is 35.9 Å². The SMILES string of the molecule is C=C1C(OC)=CC(C)=CN1N. The van der Waals surface area contributed by atoms with Crippen LogP contribution in [0.1, 0.15) is 6.92 Å². The van der Waals surface area contributed by atoms with Crippen LogP contribution < -0.4 is 5.84 Å². The molecule has 0 amide bonds. The monoisotopic (exact) mass is 152 g/mol. The highest BCUT2D eigenvalue weighted by Gasteiger charge is 2.11. The lowest BCUT2D eigenvalue weighted by atomic mass is 10.2. The number of hydrogen-bond acceptors (Lipinski definition) is 3. The molecule has 1 heterocycles. The van der Waals surface area contributed by atoms with Crippen LogP contribution in [0.2, 0.25) is 0 Å². The molecule has 0 saturated carbocycles. The molecule has 11 heavy (non-hydrogen) atoms. The summed E-state index contributed by atoms with van der Waals surface area (Å²) in [5, 5.41) is 1.45. The Kier molecular flexibility index (Phi) is 2.01. The van der Waals surface area contributed by atoms with Gasteiger partial charge in [0.15, 0.2) is 0 Å². The Morgan fingerprint density at radius 1 is 1.64 bits per heavy atom. The van der Waals surface area contributed by atoms with E-state index in [0.29, 0.717) is 11.5 Å². The van der Waals surface area contributed by atoms with Gasteiger partial charge < -0.3 is 4.74 Å². The first kappa shape index (κ1) is 7.88. The lowest BCUT2D eigenvalue weighted by Crippen LogP contribution is -2.27. The van der Waals surface area contributed by atoms with Crippen molar-refractivity contribution in [3.8, 4) is 0 Å². The van der Waals surface area contributed by atoms with E-state index in [1.54, 1.807) is 13.3 Å². The van der Waals surface area contributed by atoms with E-state index in [1.165, 1.54) is 5.01 Å². The van der Waals surface area contributed by atoms with Gasteiger partial charge in [-0.15, -0.1) is 0 Å². The van der Waals surface area contributed by atoms with Crippen molar-refractivity contribution in [1.29, 1.82) is 0 Å². The van der Waals surface area contributed by atoms with Crippen molar-refractivity contribution in [2.24, 2.45) is 5.84 Å². The van der Waals surface area contributed by atoms with Crippen molar-refractivity contribution < 1.29 is 4.74 Å². The fourth-order valence-corrected chi connectivity index (χ4v) is 0.929. The molecule has 60 valence electrons. The Labute approximate surface area is 66.4 Å². The number of hydrogen-bond donors (Lipinski definition) is 1. The number of nitrogens with zero attached hydrogens (tertiary/aromatic N) is 1. The van der Waals surface area contributed by atoms with E-state index in [2.05, 4.69) is 6.58 Å². The van der Waals surface area contributed by atoms with Gasteiger partial charge in [0.2, 0.25) is 0 Å². The Morgan fingerprint density at radius 3 is 2.82 bits per heavy atom. The molecule has 0 fully saturated rings. The minimum absolute atomic E-state index is 0.679. The largest absolute Gasteiger partial charge is 0.495 e. The van der Waals surface area contributed by atoms with E-state index in [-0.39, 0.29) is 0 Å². The lowest BCUT2D eigenvalue weighted by Gasteiger charge is -2.22. The second kappa shape index (κ2) is 2.80. The summed E-state index contributed by atoms with van der Waals surface area (Å²) in [5.41, 5.74) is 1.73. The fourth-order valence-electron chi connectivity index (χ4n) is 0.929. The second-order valence-electron chi connectivity index (χ2n) is 2.44. The molecular weight excluding hydrogens is 140 g/mol. The molecule has 1 aliphatic rings. The summed E-state index contributed by atoms with van der Waals surface area (Å²) in [7, 11) is 1.60. The number of methoxy groups -OCH3 is 1. The third kappa shape index (κ3) is 1.43. The summed E-state index contributed by atoms with van der Waals surface area (Å²) in [6, 6.07) is 0. The highest BCUT2D eigenvalue weighted by atomic mass is 16.5. The van der Waals surface area contributed by atoms with Crippen molar-refractivity contribution in [2.75, 3.05) is 7.11 Å². The van der Waals surface area contributed by atoms with Gasteiger partial charge in [-0.3, -0.25) is 5.01 Å². The Morgan fingerprint density at radius 2 is 2.27 bits per heavy atom. The molecule has 0 aromatic rings. The van der Waals surface area contributed by atoms with Crippen LogP contribution >= 0.6 is 0 Å². The van der Waals surface area contributed by atoms with Crippen molar-refractivity contribution >= 4 is 0 Å². The van der Waals surface area contributed by atoms with Gasteiger partial charge in [-0.2, -0.15) is 0 Å². The van der Waals surface area contributed by atoms with Crippen LogP contribution in [0.25, 0.3) is 0 Å². The summed E-state index contributed by atoms with van der Waals surface area (Å²) < 4.78 is 5.04. The molecule has 1 rings (SSSR count). The molecule has 0 aromatic carbocycles. The first-order chi connectivity index (χ1) is 5.15. The third-order valence-corrected chi connectivity index (χ3v) is 1.52. The van der Waals surface area contributed by atoms with E-state index in [0.717, 1.165) is 5.57 Å². The molecule has 0 bridgehead atoms. The van der Waals surface area contributed by atoms with E-state index in [1.807, 2.05) is 13.0 Å². The summed E-state index contributed by atoms with van der Waals surface area (Å²) in [6.07, 6.45) is 3.69. The number of nitrogens with two attached hydrogens (primary N) is 1. The zero-order chi connectivity index (χ0) is 8.43. The molecule has 0 unspecified atom stereocenters. The normalized spacial score (nSPS) is 17.7. The van der Waals surface area contributed by atoms with Gasteiger partial charge in [-0.25, -0.2) is 5.84 Å². The molecule has 0 radical (unpaired) electrons. The van der Waals surface area contributed by atoms with Gasteiger partial charge >= 0.3 is 0 Å². The topological polar surface area (TPSA) is 38.5 Å². The van der Waals surface area contributed by atoms with Crippen LogP contribution in [0.5, 0.6) is 0 Å². The lowest BCUT2D eigenvalue weighted by molar-refractivity contribution is 0.274. The molecule has 0 atom stereocenters. The molecule has 0 saturated heterocycles. The van der Waals surface area contributed by atoms with Crippen LogP contribution in [-0.4, -0.2) is 12.1 Å². The minimum Gasteiger partial charge on any atom is -0.495 e. The summed E-state index contributed by atoms with van der Waals surface area (Å²) in [4.78, 5) is 0. The Balaban J connectivity index is 2.93. The first-order valence-electron chi connectivity index (χ1n) is 3.32. The van der Waals surface area contributed by atoms with Crippen LogP contribution in [0, 0.1) is 0 Å². The van der Waals surface area contributed by atoms with Crippen LogP contribution in [0.4, 0.5) is 0 Å². The van der Waals surface area contributed by atoms with Gasteiger partial charge in [0, 0.05) is 6.20 Å². The number of rotatable bonds is 1. The zero-order valence-electron chi connectivity index (χ0n) is 6.79. The van der Waals surface area contributed by atoms with E-state index < -0.39 is 0 Å². The maximum atomic E-state index is 5.57. The molecule has 0 aliphatic carbocycles. The fraction of sp³-hybridized carbons (Fsp3) is 0.250. The third-order valence-electron chi connectivity index (χ3n) is 1.52. The molecule has 3 heteroatoms. The minimum atomic E-state index is 0.679. The number of ether oxygens (including phenoxy) is 1. The predicted octanol–water partition coefficient (Wildman–Crippen LogP) is 1.12. The van der Waals surface area contributed by atoms with Crippen LogP contribution in [0.3, 0.4) is 0 Å². The second-order valence-corrected chi connectivity index (χ2v) is 2.44. The number of allylic oxidation sites excluding steroid dienone is 2. The quantitative estimate of drug-likeness (QED) is 0.572. The smallest absolute Gasteiger partial charge is 0.143 e. The molecule has 0 aromatic heterocycles. The molecule has 0 spiro atoms. The van der Waals surface area contributed by atoms with Crippen molar-refractivity contribution in [1.82, 2.24) is 5.01 Å². The van der Waals surface area contributed by atoms with Gasteiger partial charge in [0.25, 0.3) is 0 Å². The summed E-state index contributed by atoms with van der Waals surface area (Å²) in [5.74, 6) is 6.29. The van der Waals surface area contributed by atoms with Gasteiger partial charge in [-0.1, -0.05) is 6.58 Å². The number of hydrazine groups is 1. The molecule has 3 nitrogen and oxygen atoms in total. The summed E-state index contributed by atoms with van der Waals surface area (Å²) in [6.45, 7) is 5.69. The van der Waals surface area contributed by atoms with E-state index in [4.69, 9.17) is 10.6 Å². The van der Waals surface area contributed by atoms with Gasteiger partial charge in [0.05, 0.1) is 12.8 Å². The maximum Gasteiger partial charge on any atom is 0.143 e. The van der Waals surface area contributed by atoms with Gasteiger partial charge in [0.1, 0.15) is 5.76 Å². The highest BCUT2D eigenvalue weighted by molar-refractivity contribution is 5.35. The summed E-state index contributed by atoms with van der Waals surface area (Å²) >= 11 is 0. The van der Waals surface area contributed by atoms with Crippen LogP contribution in [-0.2, 0) is 4.74 Å². The van der Waals surface area contributed by atoms with Crippen molar-refractivity contribution in [3.63, 3.8) is 0 Å². The average Bonchev–Trinajstić information content (AvgIpc) is 1.96. The molecular formula is C8H12N2O. The standard InChI is InChI=1S/C8H12N2O/c1-6-4-8(11-3)7(2)10(9)5-6/h4-5H,2,9H2,1,3H3. The Bertz CT molecular complexity index is 240. The Hall–Kier alpha value is -1.22. The van der Waals surface area contributed by atoms with Gasteiger partial charge in [-0.05, 0) is 18.6 Å². The van der Waals surface area contributed by atoms with E-state index in [9.17, 15) is 0 Å². The average molecular weight is 152 g/mol. The maximum absolute atomic E-state index is 5.57.